The summed E-state index contributed by atoms with van der Waals surface area (Å²) in [5.41, 5.74) is 2.99. The van der Waals surface area contributed by atoms with Crippen molar-refractivity contribution in [2.24, 2.45) is 0 Å². The molecule has 0 spiro atoms. The van der Waals surface area contributed by atoms with Gasteiger partial charge in [0.2, 0.25) is 0 Å². The molecule has 0 saturated heterocycles. The summed E-state index contributed by atoms with van der Waals surface area (Å²) in [6.07, 6.45) is 7.31. The van der Waals surface area contributed by atoms with Crippen molar-refractivity contribution in [3.8, 4) is 11.4 Å². The summed E-state index contributed by atoms with van der Waals surface area (Å²) < 4.78 is 3.58. The Morgan fingerprint density at radius 3 is 1.88 bits per heavy atom. The minimum Gasteiger partial charge on any atom is -0.266 e. The summed E-state index contributed by atoms with van der Waals surface area (Å²) in [6, 6.07) is 11.2. The lowest BCUT2D eigenvalue weighted by Crippen LogP contribution is -2.00. The molecule has 0 fully saturated rings. The second-order valence-electron chi connectivity index (χ2n) is 3.83. The summed E-state index contributed by atoms with van der Waals surface area (Å²) >= 11 is 0. The van der Waals surface area contributed by atoms with Crippen molar-refractivity contribution in [2.45, 2.75) is 6.92 Å². The fraction of sp³-hybridized carbons (Fsp3) is 0.0769. The molecule has 4 nitrogen and oxygen atoms in total. The SMILES string of the molecule is Cc1cc(-n2cccn2)[c-]c(-n2cccn2)c1. The Morgan fingerprint density at radius 2 is 1.47 bits per heavy atom. The van der Waals surface area contributed by atoms with Crippen LogP contribution >= 0.6 is 0 Å². The van der Waals surface area contributed by atoms with Crippen LogP contribution in [0.4, 0.5) is 0 Å². The molecule has 0 aliphatic carbocycles. The van der Waals surface area contributed by atoms with E-state index in [1.54, 1.807) is 21.8 Å². The second-order valence-corrected chi connectivity index (χ2v) is 3.83. The molecule has 0 aliphatic rings. The first-order valence-electron chi connectivity index (χ1n) is 5.37. The highest BCUT2D eigenvalue weighted by Gasteiger charge is 1.95. The average Bonchev–Trinajstić information content (AvgIpc) is 3.02. The van der Waals surface area contributed by atoms with Crippen LogP contribution in [0.3, 0.4) is 0 Å². The molecule has 0 saturated carbocycles. The lowest BCUT2D eigenvalue weighted by Gasteiger charge is -2.15. The van der Waals surface area contributed by atoms with Crippen molar-refractivity contribution in [3.63, 3.8) is 0 Å². The fourth-order valence-corrected chi connectivity index (χ4v) is 1.75. The maximum atomic E-state index is 4.21. The molecule has 3 rings (SSSR count). The normalized spacial score (nSPS) is 10.6. The predicted molar refractivity (Wildman–Crippen MR) is 64.3 cm³/mol. The fourth-order valence-electron chi connectivity index (χ4n) is 1.75. The van der Waals surface area contributed by atoms with E-state index in [4.69, 9.17) is 0 Å². The Labute approximate surface area is 99.1 Å². The predicted octanol–water partition coefficient (Wildman–Crippen LogP) is 2.17. The molecule has 0 N–H and O–H groups in total. The minimum atomic E-state index is 0.917. The van der Waals surface area contributed by atoms with Gasteiger partial charge < -0.3 is 0 Å². The second kappa shape index (κ2) is 3.90. The maximum absolute atomic E-state index is 4.21. The van der Waals surface area contributed by atoms with Gasteiger partial charge in [-0.05, 0) is 23.5 Å². The van der Waals surface area contributed by atoms with Gasteiger partial charge in [-0.2, -0.15) is 15.8 Å². The smallest absolute Gasteiger partial charge is 0.0493 e. The van der Waals surface area contributed by atoms with Gasteiger partial charge in [0.15, 0.2) is 0 Å². The Hall–Kier alpha value is -2.36. The van der Waals surface area contributed by atoms with Gasteiger partial charge in [0.05, 0.1) is 0 Å². The molecule has 0 atom stereocenters. The number of hydrogen-bond acceptors (Lipinski definition) is 2. The van der Waals surface area contributed by atoms with E-state index in [2.05, 4.69) is 16.3 Å². The molecular formula is C13H11N4-. The summed E-state index contributed by atoms with van der Waals surface area (Å²) in [4.78, 5) is 0. The highest BCUT2D eigenvalue weighted by Crippen LogP contribution is 2.15. The molecule has 0 aliphatic heterocycles. The van der Waals surface area contributed by atoms with Crippen LogP contribution < -0.4 is 0 Å². The largest absolute Gasteiger partial charge is 0.266 e. The minimum absolute atomic E-state index is 0.917. The van der Waals surface area contributed by atoms with E-state index < -0.39 is 0 Å². The van der Waals surface area contributed by atoms with Crippen LogP contribution in [0.5, 0.6) is 0 Å². The Kier molecular flexibility index (Phi) is 2.26. The highest BCUT2D eigenvalue weighted by molar-refractivity contribution is 5.44. The zero-order chi connectivity index (χ0) is 11.7. The van der Waals surface area contributed by atoms with E-state index in [1.165, 1.54) is 0 Å². The van der Waals surface area contributed by atoms with Crippen molar-refractivity contribution in [3.05, 3.63) is 60.7 Å². The zero-order valence-corrected chi connectivity index (χ0v) is 9.41. The summed E-state index contributed by atoms with van der Waals surface area (Å²) in [5, 5.41) is 8.41. The van der Waals surface area contributed by atoms with Gasteiger partial charge in [-0.1, -0.05) is 6.92 Å². The van der Waals surface area contributed by atoms with Crippen LogP contribution in [0.1, 0.15) is 5.56 Å². The van der Waals surface area contributed by atoms with Crippen LogP contribution in [0.15, 0.2) is 49.1 Å². The van der Waals surface area contributed by atoms with E-state index in [0.717, 1.165) is 16.9 Å². The summed E-state index contributed by atoms with van der Waals surface area (Å²) in [5.74, 6) is 0. The Morgan fingerprint density at radius 1 is 0.941 bits per heavy atom. The first kappa shape index (κ1) is 9.84. The van der Waals surface area contributed by atoms with Gasteiger partial charge in [-0.25, -0.2) is 0 Å². The van der Waals surface area contributed by atoms with Crippen LogP contribution in [0.2, 0.25) is 0 Å². The van der Waals surface area contributed by atoms with Gasteiger partial charge in [-0.3, -0.25) is 9.36 Å². The van der Waals surface area contributed by atoms with E-state index >= 15 is 0 Å². The first-order valence-corrected chi connectivity index (χ1v) is 5.37. The van der Waals surface area contributed by atoms with E-state index in [9.17, 15) is 0 Å². The third kappa shape index (κ3) is 1.85. The van der Waals surface area contributed by atoms with Crippen LogP contribution in [0, 0.1) is 13.0 Å². The molecular weight excluding hydrogens is 212 g/mol. The van der Waals surface area contributed by atoms with Crippen molar-refractivity contribution in [1.29, 1.82) is 0 Å². The van der Waals surface area contributed by atoms with Gasteiger partial charge in [-0.15, -0.1) is 18.2 Å². The number of aromatic nitrogens is 4. The molecule has 0 bridgehead atoms. The quantitative estimate of drug-likeness (QED) is 0.624. The first-order chi connectivity index (χ1) is 8.33. The molecule has 0 amide bonds. The molecule has 4 heteroatoms. The molecule has 0 unspecified atom stereocenters. The number of aryl methyl sites for hydroxylation is 1. The standard InChI is InChI=1S/C13H11N4/c1-11-8-12(16-6-2-4-14-16)10-13(9-11)17-7-3-5-15-17/h2-9H,1H3/q-1. The van der Waals surface area contributed by atoms with E-state index in [-0.39, 0.29) is 0 Å². The van der Waals surface area contributed by atoms with Gasteiger partial charge in [0, 0.05) is 24.8 Å². The average molecular weight is 223 g/mol. The van der Waals surface area contributed by atoms with Crippen LogP contribution in [-0.4, -0.2) is 19.6 Å². The highest BCUT2D eigenvalue weighted by atomic mass is 15.3. The molecule has 1 aromatic carbocycles. The van der Waals surface area contributed by atoms with Crippen molar-refractivity contribution in [1.82, 2.24) is 19.6 Å². The number of hydrogen-bond donors (Lipinski definition) is 0. The maximum Gasteiger partial charge on any atom is 0.0493 e. The molecule has 3 aromatic rings. The molecule has 2 heterocycles. The van der Waals surface area contributed by atoms with Crippen LogP contribution in [0.25, 0.3) is 11.4 Å². The molecule has 2 aromatic heterocycles. The topological polar surface area (TPSA) is 35.6 Å². The van der Waals surface area contributed by atoms with E-state index in [0.29, 0.717) is 0 Å². The third-order valence-electron chi connectivity index (χ3n) is 2.49. The Balaban J connectivity index is 2.13. The molecule has 17 heavy (non-hydrogen) atoms. The van der Waals surface area contributed by atoms with Gasteiger partial charge in [0.25, 0.3) is 0 Å². The van der Waals surface area contributed by atoms with Gasteiger partial charge >= 0.3 is 0 Å². The Bertz CT molecular complexity index is 556. The summed E-state index contributed by atoms with van der Waals surface area (Å²) in [7, 11) is 0. The van der Waals surface area contributed by atoms with E-state index in [1.807, 2.05) is 43.6 Å². The van der Waals surface area contributed by atoms with Crippen molar-refractivity contribution < 1.29 is 0 Å². The monoisotopic (exact) mass is 223 g/mol. The zero-order valence-electron chi connectivity index (χ0n) is 9.41. The third-order valence-corrected chi connectivity index (χ3v) is 2.49. The molecule has 0 radical (unpaired) electrons. The lowest BCUT2D eigenvalue weighted by atomic mass is 10.2. The van der Waals surface area contributed by atoms with Crippen molar-refractivity contribution >= 4 is 0 Å². The van der Waals surface area contributed by atoms with Gasteiger partial charge in [0.1, 0.15) is 0 Å². The molecule has 84 valence electrons. The number of rotatable bonds is 2. The number of benzene rings is 1. The lowest BCUT2D eigenvalue weighted by molar-refractivity contribution is 0.851. The van der Waals surface area contributed by atoms with Crippen molar-refractivity contribution in [2.75, 3.05) is 0 Å². The van der Waals surface area contributed by atoms with Crippen LogP contribution in [-0.2, 0) is 0 Å². The number of nitrogens with zero attached hydrogens (tertiary/aromatic N) is 4. The summed E-state index contributed by atoms with van der Waals surface area (Å²) in [6.45, 7) is 2.05.